The first kappa shape index (κ1) is 24.7. The van der Waals surface area contributed by atoms with Crippen molar-refractivity contribution in [3.8, 4) is 5.69 Å². The van der Waals surface area contributed by atoms with E-state index in [1.807, 2.05) is 0 Å². The lowest BCUT2D eigenvalue weighted by molar-refractivity contribution is -0.130. The van der Waals surface area contributed by atoms with Crippen molar-refractivity contribution in [3.63, 3.8) is 0 Å². The maximum absolute atomic E-state index is 13.5. The largest absolute Gasteiger partial charge is 0.395 e. The Hall–Kier alpha value is -4.38. The number of aliphatic hydroxyl groups is 1. The summed E-state index contributed by atoms with van der Waals surface area (Å²) in [4.78, 5) is 51.5. The van der Waals surface area contributed by atoms with Crippen LogP contribution in [0.3, 0.4) is 0 Å². The van der Waals surface area contributed by atoms with Crippen LogP contribution in [0.4, 0.5) is 10.1 Å². The lowest BCUT2D eigenvalue weighted by Crippen LogP contribution is -2.38. The maximum atomic E-state index is 13.5. The molecule has 4 rings (SSSR count). The van der Waals surface area contributed by atoms with Crippen LogP contribution in [0.5, 0.6) is 0 Å². The Morgan fingerprint density at radius 1 is 1.17 bits per heavy atom. The van der Waals surface area contributed by atoms with Crippen LogP contribution in [0, 0.1) is 12.7 Å². The summed E-state index contributed by atoms with van der Waals surface area (Å²) in [5.74, 6) is -1.83. The van der Waals surface area contributed by atoms with Crippen molar-refractivity contribution >= 4 is 17.5 Å². The van der Waals surface area contributed by atoms with Gasteiger partial charge in [-0.2, -0.15) is 9.78 Å². The van der Waals surface area contributed by atoms with Gasteiger partial charge < -0.3 is 15.3 Å². The Morgan fingerprint density at radius 2 is 1.89 bits per heavy atom. The molecule has 10 nitrogen and oxygen atoms in total. The number of hydrogen-bond acceptors (Lipinski definition) is 6. The summed E-state index contributed by atoms with van der Waals surface area (Å²) in [7, 11) is 1.34. The number of aromatic nitrogens is 3. The quantitative estimate of drug-likeness (QED) is 0.532. The number of carbonyl (C=O) groups is 2. The smallest absolute Gasteiger partial charge is 0.351 e. The Labute approximate surface area is 204 Å². The van der Waals surface area contributed by atoms with Crippen LogP contribution < -0.4 is 16.6 Å². The number of carbonyl (C=O) groups excluding carboxylic acids is 2. The number of β-amino-alcohol motifs (C(OH)–C–C–N with tert-alkyl or cyclic N) is 1. The average molecular weight is 493 g/mol. The molecule has 3 aromatic rings. The summed E-state index contributed by atoms with van der Waals surface area (Å²) in [6.45, 7) is 1.52. The predicted molar refractivity (Wildman–Crippen MR) is 129 cm³/mol. The summed E-state index contributed by atoms with van der Waals surface area (Å²) in [6, 6.07) is 10.5. The Bertz CT molecular complexity index is 1480. The van der Waals surface area contributed by atoms with Gasteiger partial charge in [0.15, 0.2) is 0 Å². The number of hydrogen-bond donors (Lipinski definition) is 2. The van der Waals surface area contributed by atoms with Gasteiger partial charge in [-0.15, -0.1) is 0 Å². The van der Waals surface area contributed by atoms with E-state index < -0.39 is 28.9 Å². The van der Waals surface area contributed by atoms with E-state index in [-0.39, 0.29) is 31.1 Å². The third-order valence-corrected chi connectivity index (χ3v) is 6.04. The fraction of sp³-hybridized carbons (Fsp3) is 0.240. The lowest BCUT2D eigenvalue weighted by Gasteiger charge is -2.30. The highest BCUT2D eigenvalue weighted by Crippen LogP contribution is 2.34. The van der Waals surface area contributed by atoms with Crippen LogP contribution in [0.2, 0.25) is 0 Å². The normalized spacial score (nSPS) is 15.6. The van der Waals surface area contributed by atoms with Crippen molar-refractivity contribution in [1.29, 1.82) is 0 Å². The molecule has 0 aliphatic carbocycles. The lowest BCUT2D eigenvalue weighted by atomic mass is 9.85. The minimum absolute atomic E-state index is 0.0265. The zero-order valence-electron chi connectivity index (χ0n) is 19.6. The van der Waals surface area contributed by atoms with Crippen molar-refractivity contribution in [1.82, 2.24) is 19.2 Å². The van der Waals surface area contributed by atoms with Crippen LogP contribution in [-0.4, -0.2) is 49.3 Å². The molecule has 1 atom stereocenters. The summed E-state index contributed by atoms with van der Waals surface area (Å²) in [5.41, 5.74) is 1.09. The van der Waals surface area contributed by atoms with E-state index in [0.29, 0.717) is 22.5 Å². The molecular formula is C25H24FN5O5. The standard InChI is InChI=1S/C25H24FN5O5/c1-15-3-8-18(31-25(36)29(2)23(34)13-27-31)11-21(15)28-24(35)20-14-30(9-10-32)22(33)12-19(20)16-4-6-17(26)7-5-16/h3-8,11,13-14,19,32H,9-10,12H2,1-2H3,(H,28,35)/t19-/m0/s1. The van der Waals surface area contributed by atoms with Gasteiger partial charge >= 0.3 is 5.69 Å². The SMILES string of the molecule is Cc1ccc(-n2ncc(=O)n(C)c2=O)cc1NC(=O)C1=CN(CCO)C(=O)C[C@H]1c1ccc(F)cc1. The third-order valence-electron chi connectivity index (χ3n) is 6.04. The fourth-order valence-electron chi connectivity index (χ4n) is 3.97. The van der Waals surface area contributed by atoms with Crippen molar-refractivity contribution in [2.75, 3.05) is 18.5 Å². The van der Waals surface area contributed by atoms with Crippen molar-refractivity contribution < 1.29 is 19.1 Å². The Morgan fingerprint density at radius 3 is 2.58 bits per heavy atom. The van der Waals surface area contributed by atoms with Crippen LogP contribution in [0.15, 0.2) is 70.0 Å². The van der Waals surface area contributed by atoms with Crippen LogP contribution in [-0.2, 0) is 16.6 Å². The molecule has 0 spiro atoms. The highest BCUT2D eigenvalue weighted by molar-refractivity contribution is 6.06. The van der Waals surface area contributed by atoms with E-state index in [1.54, 1.807) is 25.1 Å². The van der Waals surface area contributed by atoms with Crippen molar-refractivity contribution in [2.24, 2.45) is 7.05 Å². The average Bonchev–Trinajstić information content (AvgIpc) is 2.86. The number of nitrogens with one attached hydrogen (secondary N) is 1. The van der Waals surface area contributed by atoms with Gasteiger partial charge in [0.1, 0.15) is 12.0 Å². The van der Waals surface area contributed by atoms with Crippen LogP contribution in [0.1, 0.15) is 23.5 Å². The van der Waals surface area contributed by atoms with Crippen molar-refractivity contribution in [2.45, 2.75) is 19.3 Å². The molecule has 1 aliphatic heterocycles. The summed E-state index contributed by atoms with van der Waals surface area (Å²) in [5, 5.41) is 16.0. The molecule has 0 radical (unpaired) electrons. The topological polar surface area (TPSA) is 127 Å². The highest BCUT2D eigenvalue weighted by Gasteiger charge is 2.32. The van der Waals surface area contributed by atoms with Crippen LogP contribution >= 0.6 is 0 Å². The molecule has 2 N–H and O–H groups in total. The second-order valence-corrected chi connectivity index (χ2v) is 8.39. The molecule has 2 aromatic carbocycles. The van der Waals surface area contributed by atoms with Gasteiger partial charge in [0.2, 0.25) is 5.91 Å². The zero-order chi connectivity index (χ0) is 26.0. The zero-order valence-corrected chi connectivity index (χ0v) is 19.6. The van der Waals surface area contributed by atoms with E-state index >= 15 is 0 Å². The summed E-state index contributed by atoms with van der Waals surface area (Å²) in [6.07, 6.45) is 2.40. The monoisotopic (exact) mass is 493 g/mol. The minimum atomic E-state index is -0.645. The van der Waals surface area contributed by atoms with E-state index in [9.17, 15) is 28.7 Å². The molecule has 2 heterocycles. The number of aliphatic hydroxyl groups excluding tert-OH is 1. The molecule has 0 bridgehead atoms. The minimum Gasteiger partial charge on any atom is -0.395 e. The van der Waals surface area contributed by atoms with Gasteiger partial charge in [0.05, 0.1) is 12.3 Å². The molecule has 0 saturated heterocycles. The first-order chi connectivity index (χ1) is 17.2. The van der Waals surface area contributed by atoms with Gasteiger partial charge in [-0.1, -0.05) is 18.2 Å². The van der Waals surface area contributed by atoms with E-state index in [0.717, 1.165) is 15.4 Å². The van der Waals surface area contributed by atoms with Crippen molar-refractivity contribution in [3.05, 3.63) is 98.2 Å². The molecule has 1 aromatic heterocycles. The number of amides is 2. The number of aryl methyl sites for hydroxylation is 1. The van der Waals surface area contributed by atoms with E-state index in [1.165, 1.54) is 42.4 Å². The number of anilines is 1. The molecule has 0 saturated carbocycles. The summed E-state index contributed by atoms with van der Waals surface area (Å²) >= 11 is 0. The molecule has 1 aliphatic rings. The second kappa shape index (κ2) is 10.1. The second-order valence-electron chi connectivity index (χ2n) is 8.39. The predicted octanol–water partition coefficient (Wildman–Crippen LogP) is 1.21. The molecule has 186 valence electrons. The van der Waals surface area contributed by atoms with Crippen LogP contribution in [0.25, 0.3) is 5.69 Å². The van der Waals surface area contributed by atoms with Gasteiger partial charge in [-0.05, 0) is 42.3 Å². The molecule has 36 heavy (non-hydrogen) atoms. The Balaban J connectivity index is 1.71. The number of halogens is 1. The van der Waals surface area contributed by atoms with E-state index in [4.69, 9.17) is 0 Å². The number of benzene rings is 2. The van der Waals surface area contributed by atoms with E-state index in [2.05, 4.69) is 10.4 Å². The maximum Gasteiger partial charge on any atom is 0.351 e. The molecule has 11 heteroatoms. The third kappa shape index (κ3) is 4.86. The van der Waals surface area contributed by atoms with Gasteiger partial charge in [0.25, 0.3) is 11.5 Å². The highest BCUT2D eigenvalue weighted by atomic mass is 19.1. The molecular weight excluding hydrogens is 469 g/mol. The Kier molecular flexibility index (Phi) is 6.93. The van der Waals surface area contributed by atoms with Gasteiger partial charge in [-0.3, -0.25) is 19.0 Å². The molecule has 2 amide bonds. The number of nitrogens with zero attached hydrogens (tertiary/aromatic N) is 4. The van der Waals surface area contributed by atoms with Gasteiger partial charge in [0, 0.05) is 43.4 Å². The molecule has 0 unspecified atom stereocenters. The first-order valence-corrected chi connectivity index (χ1v) is 11.1. The molecule has 0 fully saturated rings. The summed E-state index contributed by atoms with van der Waals surface area (Å²) < 4.78 is 15.4. The van der Waals surface area contributed by atoms with Gasteiger partial charge in [-0.25, -0.2) is 9.18 Å². The first-order valence-electron chi connectivity index (χ1n) is 11.1. The number of rotatable bonds is 6. The fourth-order valence-corrected chi connectivity index (χ4v) is 3.97.